The van der Waals surface area contributed by atoms with Crippen LogP contribution in [0, 0.1) is 6.92 Å². The number of benzene rings is 2. The Kier molecular flexibility index (Phi) is 5.82. The molecule has 0 atom stereocenters. The fourth-order valence-corrected chi connectivity index (χ4v) is 4.09. The van der Waals surface area contributed by atoms with Gasteiger partial charge in [-0.3, -0.25) is 0 Å². The Hall–Kier alpha value is -1.96. The van der Waals surface area contributed by atoms with E-state index in [1.807, 2.05) is 0 Å². The molecule has 0 amide bonds. The molecule has 2 aromatic rings. The minimum absolute atomic E-state index is 0.145. The van der Waals surface area contributed by atoms with Crippen molar-refractivity contribution in [3.63, 3.8) is 0 Å². The van der Waals surface area contributed by atoms with Gasteiger partial charge in [-0.25, -0.2) is 13.2 Å². The van der Waals surface area contributed by atoms with Crippen LogP contribution < -0.4 is 4.74 Å². The van der Waals surface area contributed by atoms with Crippen molar-refractivity contribution in [2.75, 3.05) is 12.4 Å². The maximum Gasteiger partial charge on any atom is 0.339 e. The van der Waals surface area contributed by atoms with Crippen LogP contribution in [0.3, 0.4) is 0 Å². The SMILES string of the molecule is Cc1ccccc1S(=O)(=O)CCOc1c(Cl)cc(C(=O)O)c(O)c1Cl. The zero-order valence-electron chi connectivity index (χ0n) is 13.0. The van der Waals surface area contributed by atoms with Gasteiger partial charge < -0.3 is 14.9 Å². The van der Waals surface area contributed by atoms with Crippen molar-refractivity contribution in [3.05, 3.63) is 51.5 Å². The molecule has 25 heavy (non-hydrogen) atoms. The van der Waals surface area contributed by atoms with Crippen LogP contribution >= 0.6 is 23.2 Å². The van der Waals surface area contributed by atoms with Crippen LogP contribution in [0.2, 0.25) is 10.0 Å². The maximum atomic E-state index is 12.4. The van der Waals surface area contributed by atoms with Crippen LogP contribution in [-0.2, 0) is 9.84 Å². The molecule has 6 nitrogen and oxygen atoms in total. The first-order valence-electron chi connectivity index (χ1n) is 7.00. The highest BCUT2D eigenvalue weighted by Gasteiger charge is 2.22. The van der Waals surface area contributed by atoms with Crippen LogP contribution in [0.1, 0.15) is 15.9 Å². The summed E-state index contributed by atoms with van der Waals surface area (Å²) < 4.78 is 30.0. The lowest BCUT2D eigenvalue weighted by molar-refractivity contribution is 0.0693. The lowest BCUT2D eigenvalue weighted by Gasteiger charge is -2.13. The topological polar surface area (TPSA) is 101 Å². The van der Waals surface area contributed by atoms with Gasteiger partial charge >= 0.3 is 5.97 Å². The van der Waals surface area contributed by atoms with E-state index in [1.165, 1.54) is 6.07 Å². The quantitative estimate of drug-likeness (QED) is 0.762. The van der Waals surface area contributed by atoms with Gasteiger partial charge in [-0.05, 0) is 24.6 Å². The predicted molar refractivity (Wildman–Crippen MR) is 93.8 cm³/mol. The standard InChI is InChI=1S/C16H14Cl2O6S/c1-9-4-2-3-5-12(9)25(22,23)7-6-24-15-11(17)8-10(16(20)21)14(19)13(15)18/h2-5,8,19H,6-7H2,1H3,(H,20,21). The first kappa shape index (κ1) is 19.4. The highest BCUT2D eigenvalue weighted by Crippen LogP contribution is 2.41. The van der Waals surface area contributed by atoms with Gasteiger partial charge in [0.2, 0.25) is 0 Å². The Morgan fingerprint density at radius 1 is 1.24 bits per heavy atom. The van der Waals surface area contributed by atoms with E-state index < -0.39 is 32.1 Å². The van der Waals surface area contributed by atoms with E-state index in [0.29, 0.717) is 5.56 Å². The summed E-state index contributed by atoms with van der Waals surface area (Å²) in [5.41, 5.74) is 0.136. The number of sulfone groups is 1. The molecular formula is C16H14Cl2O6S. The number of aromatic hydroxyl groups is 1. The van der Waals surface area contributed by atoms with E-state index in [0.717, 1.165) is 6.07 Å². The third kappa shape index (κ3) is 4.18. The summed E-state index contributed by atoms with van der Waals surface area (Å²) in [6.07, 6.45) is 0. The highest BCUT2D eigenvalue weighted by molar-refractivity contribution is 7.91. The van der Waals surface area contributed by atoms with Crippen LogP contribution in [-0.4, -0.2) is 37.0 Å². The summed E-state index contributed by atoms with van der Waals surface area (Å²) in [7, 11) is -3.59. The molecule has 0 spiro atoms. The van der Waals surface area contributed by atoms with Crippen molar-refractivity contribution < 1.29 is 28.2 Å². The molecule has 0 unspecified atom stereocenters. The van der Waals surface area contributed by atoms with Gasteiger partial charge in [0.1, 0.15) is 17.2 Å². The Balaban J connectivity index is 2.19. The number of carboxylic acid groups (broad SMARTS) is 1. The molecule has 0 saturated carbocycles. The number of aromatic carboxylic acids is 1. The van der Waals surface area contributed by atoms with Gasteiger partial charge in [-0.1, -0.05) is 41.4 Å². The van der Waals surface area contributed by atoms with Crippen molar-refractivity contribution in [2.45, 2.75) is 11.8 Å². The fourth-order valence-electron chi connectivity index (χ4n) is 2.16. The minimum atomic E-state index is -3.59. The van der Waals surface area contributed by atoms with E-state index >= 15 is 0 Å². The molecule has 0 saturated heterocycles. The van der Waals surface area contributed by atoms with Crippen molar-refractivity contribution in [3.8, 4) is 11.5 Å². The van der Waals surface area contributed by atoms with Crippen molar-refractivity contribution in [2.24, 2.45) is 0 Å². The number of halogens is 2. The van der Waals surface area contributed by atoms with Crippen LogP contribution in [0.25, 0.3) is 0 Å². The number of hydrogen-bond acceptors (Lipinski definition) is 5. The van der Waals surface area contributed by atoms with E-state index in [4.69, 9.17) is 33.0 Å². The zero-order valence-corrected chi connectivity index (χ0v) is 15.3. The molecule has 0 bridgehead atoms. The average molecular weight is 405 g/mol. The largest absolute Gasteiger partial charge is 0.505 e. The van der Waals surface area contributed by atoms with Crippen molar-refractivity contribution >= 4 is 39.0 Å². The summed E-state index contributed by atoms with van der Waals surface area (Å²) in [5.74, 6) is -2.62. The molecule has 0 aliphatic carbocycles. The Labute approximate surface area is 154 Å². The van der Waals surface area contributed by atoms with Gasteiger partial charge in [0.15, 0.2) is 21.3 Å². The molecule has 9 heteroatoms. The highest BCUT2D eigenvalue weighted by atomic mass is 35.5. The molecule has 0 aromatic heterocycles. The molecule has 0 fully saturated rings. The lowest BCUT2D eigenvalue weighted by atomic mass is 10.2. The number of aryl methyl sites for hydroxylation is 1. The fraction of sp³-hybridized carbons (Fsp3) is 0.188. The molecule has 0 aliphatic heterocycles. The van der Waals surface area contributed by atoms with Gasteiger partial charge in [0.05, 0.1) is 15.7 Å². The third-order valence-electron chi connectivity index (χ3n) is 3.41. The van der Waals surface area contributed by atoms with E-state index in [-0.39, 0.29) is 28.0 Å². The lowest BCUT2D eigenvalue weighted by Crippen LogP contribution is -2.15. The van der Waals surface area contributed by atoms with Gasteiger partial charge in [0, 0.05) is 0 Å². The Morgan fingerprint density at radius 2 is 1.88 bits per heavy atom. The normalized spacial score (nSPS) is 11.3. The van der Waals surface area contributed by atoms with Crippen molar-refractivity contribution in [1.29, 1.82) is 0 Å². The summed E-state index contributed by atoms with van der Waals surface area (Å²) >= 11 is 11.8. The molecule has 134 valence electrons. The summed E-state index contributed by atoms with van der Waals surface area (Å²) in [6.45, 7) is 1.41. The monoisotopic (exact) mass is 404 g/mol. The molecule has 0 radical (unpaired) electrons. The number of carbonyl (C=O) groups is 1. The first-order valence-corrected chi connectivity index (χ1v) is 9.41. The molecule has 0 aliphatic rings. The smallest absolute Gasteiger partial charge is 0.339 e. The summed E-state index contributed by atoms with van der Waals surface area (Å²) in [4.78, 5) is 11.2. The number of phenols is 1. The average Bonchev–Trinajstić information content (AvgIpc) is 2.54. The second kappa shape index (κ2) is 7.51. The molecule has 2 N–H and O–H groups in total. The number of rotatable bonds is 6. The Morgan fingerprint density at radius 3 is 2.48 bits per heavy atom. The van der Waals surface area contributed by atoms with Gasteiger partial charge in [-0.15, -0.1) is 0 Å². The summed E-state index contributed by atoms with van der Waals surface area (Å²) in [5, 5.41) is 18.2. The van der Waals surface area contributed by atoms with Gasteiger partial charge in [0.25, 0.3) is 0 Å². The number of carboxylic acids is 1. The van der Waals surface area contributed by atoms with Crippen LogP contribution in [0.4, 0.5) is 0 Å². The zero-order chi connectivity index (χ0) is 18.8. The second-order valence-corrected chi connectivity index (χ2v) is 8.00. The van der Waals surface area contributed by atoms with E-state index in [1.54, 1.807) is 25.1 Å². The second-order valence-electron chi connectivity index (χ2n) is 5.14. The number of ether oxygens (including phenoxy) is 1. The predicted octanol–water partition coefficient (Wildman–Crippen LogP) is 3.56. The van der Waals surface area contributed by atoms with Crippen molar-refractivity contribution in [1.82, 2.24) is 0 Å². The van der Waals surface area contributed by atoms with Gasteiger partial charge in [-0.2, -0.15) is 0 Å². The molecule has 0 heterocycles. The van der Waals surface area contributed by atoms with E-state index in [2.05, 4.69) is 0 Å². The summed E-state index contributed by atoms with van der Waals surface area (Å²) in [6, 6.07) is 7.52. The Bertz CT molecular complexity index is 924. The van der Waals surface area contributed by atoms with Crippen LogP contribution in [0.15, 0.2) is 35.2 Å². The first-order chi connectivity index (χ1) is 11.6. The molecular weight excluding hydrogens is 391 g/mol. The maximum absolute atomic E-state index is 12.4. The third-order valence-corrected chi connectivity index (χ3v) is 5.87. The van der Waals surface area contributed by atoms with E-state index in [9.17, 15) is 18.3 Å². The molecule has 2 aromatic carbocycles. The molecule has 2 rings (SSSR count). The number of hydrogen-bond donors (Lipinski definition) is 2. The minimum Gasteiger partial charge on any atom is -0.505 e. The van der Waals surface area contributed by atoms with Crippen LogP contribution in [0.5, 0.6) is 11.5 Å².